The Balaban J connectivity index is 1.97. The van der Waals surface area contributed by atoms with E-state index < -0.39 is 11.8 Å². The first-order chi connectivity index (χ1) is 10.0. The summed E-state index contributed by atoms with van der Waals surface area (Å²) in [6, 6.07) is 6.99. The number of aryl methyl sites for hydroxylation is 1. The Labute approximate surface area is 127 Å². The third-order valence-electron chi connectivity index (χ3n) is 2.78. The van der Waals surface area contributed by atoms with Crippen molar-refractivity contribution in [3.8, 4) is 5.88 Å². The summed E-state index contributed by atoms with van der Waals surface area (Å²) in [6.07, 6.45) is 1.70. The highest BCUT2D eigenvalue weighted by Crippen LogP contribution is 2.22. The maximum atomic E-state index is 12.2. The molecule has 106 valence electrons. The first-order valence-corrected chi connectivity index (χ1v) is 6.80. The molecule has 1 aromatic carbocycles. The molecule has 0 fully saturated rings. The monoisotopic (exact) mass is 347 g/mol. The number of rotatable bonds is 2. The number of hydrogen-bond acceptors (Lipinski definition) is 5. The van der Waals surface area contributed by atoms with E-state index in [0.717, 1.165) is 0 Å². The van der Waals surface area contributed by atoms with Gasteiger partial charge in [-0.2, -0.15) is 5.10 Å². The molecule has 0 bridgehead atoms. The highest BCUT2D eigenvalue weighted by molar-refractivity contribution is 9.10. The fourth-order valence-electron chi connectivity index (χ4n) is 1.85. The molecule has 2 aromatic heterocycles. The average molecular weight is 348 g/mol. The van der Waals surface area contributed by atoms with Crippen molar-refractivity contribution in [1.82, 2.24) is 19.7 Å². The van der Waals surface area contributed by atoms with Crippen LogP contribution in [0.3, 0.4) is 0 Å². The highest BCUT2D eigenvalue weighted by Gasteiger charge is 2.18. The van der Waals surface area contributed by atoms with Gasteiger partial charge in [0.15, 0.2) is 11.5 Å². The van der Waals surface area contributed by atoms with Crippen LogP contribution < -0.4 is 5.32 Å². The molecule has 3 rings (SSSR count). The zero-order valence-corrected chi connectivity index (χ0v) is 12.5. The number of aromatic nitrogens is 4. The molecule has 0 saturated carbocycles. The molecule has 0 aliphatic rings. The Kier molecular flexibility index (Phi) is 3.30. The van der Waals surface area contributed by atoms with Gasteiger partial charge in [-0.25, -0.2) is 9.97 Å². The van der Waals surface area contributed by atoms with E-state index in [1.807, 2.05) is 0 Å². The van der Waals surface area contributed by atoms with Crippen LogP contribution in [0.1, 0.15) is 10.5 Å². The van der Waals surface area contributed by atoms with E-state index in [1.54, 1.807) is 42.2 Å². The van der Waals surface area contributed by atoms with Gasteiger partial charge in [0.25, 0.3) is 5.91 Å². The Morgan fingerprint density at radius 1 is 1.29 bits per heavy atom. The molecule has 0 radical (unpaired) electrons. The van der Waals surface area contributed by atoms with Gasteiger partial charge in [0.05, 0.1) is 15.5 Å². The predicted molar refractivity (Wildman–Crippen MR) is 80.1 cm³/mol. The van der Waals surface area contributed by atoms with E-state index in [2.05, 4.69) is 36.3 Å². The van der Waals surface area contributed by atoms with Crippen LogP contribution in [0.15, 0.2) is 34.9 Å². The maximum Gasteiger partial charge on any atom is 0.281 e. The van der Waals surface area contributed by atoms with Crippen LogP contribution in [0.4, 0.5) is 5.82 Å². The Hall–Kier alpha value is -2.48. The minimum atomic E-state index is -0.579. The number of nitrogens with zero attached hydrogens (tertiary/aromatic N) is 4. The Bertz CT molecular complexity index is 846. The summed E-state index contributed by atoms with van der Waals surface area (Å²) >= 11 is 3.28. The van der Waals surface area contributed by atoms with Crippen molar-refractivity contribution in [2.75, 3.05) is 5.32 Å². The Morgan fingerprint density at radius 2 is 1.95 bits per heavy atom. The van der Waals surface area contributed by atoms with Crippen LogP contribution in [-0.2, 0) is 7.05 Å². The third kappa shape index (κ3) is 2.57. The smallest absolute Gasteiger partial charge is 0.281 e. The van der Waals surface area contributed by atoms with Gasteiger partial charge >= 0.3 is 0 Å². The second kappa shape index (κ2) is 5.13. The third-order valence-corrected chi connectivity index (χ3v) is 3.36. The number of benzene rings is 1. The number of aromatic hydroxyl groups is 1. The number of carbonyl (C=O) groups excluding carboxylic acids is 1. The molecule has 1 amide bonds. The van der Waals surface area contributed by atoms with E-state index in [9.17, 15) is 9.90 Å². The van der Waals surface area contributed by atoms with E-state index >= 15 is 0 Å². The molecule has 2 heterocycles. The second-order valence-corrected chi connectivity index (χ2v) is 5.19. The number of halogens is 1. The molecule has 7 nitrogen and oxygen atoms in total. The summed E-state index contributed by atoms with van der Waals surface area (Å²) in [4.78, 5) is 20.3. The molecule has 0 saturated heterocycles. The van der Waals surface area contributed by atoms with Crippen LogP contribution in [0.2, 0.25) is 0 Å². The molecule has 3 aromatic rings. The minimum absolute atomic E-state index is 0.147. The summed E-state index contributed by atoms with van der Waals surface area (Å²) < 4.78 is 2.18. The molecule has 0 unspecified atom stereocenters. The molecular formula is C13H10BrN5O2. The van der Waals surface area contributed by atoms with Crippen LogP contribution in [0, 0.1) is 0 Å². The van der Waals surface area contributed by atoms with Crippen molar-refractivity contribution in [3.63, 3.8) is 0 Å². The lowest BCUT2D eigenvalue weighted by Gasteiger charge is -2.05. The fraction of sp³-hybridized carbons (Fsp3) is 0.0769. The summed E-state index contributed by atoms with van der Waals surface area (Å²) in [6.45, 7) is 0. The molecule has 0 spiro atoms. The van der Waals surface area contributed by atoms with Gasteiger partial charge in [0, 0.05) is 13.2 Å². The van der Waals surface area contributed by atoms with Gasteiger partial charge in [-0.15, -0.1) is 0 Å². The van der Waals surface area contributed by atoms with E-state index in [-0.39, 0.29) is 5.69 Å². The molecule has 0 aliphatic heterocycles. The second-order valence-electron chi connectivity index (χ2n) is 4.34. The molecule has 8 heteroatoms. The molecule has 0 aliphatic carbocycles. The first-order valence-electron chi connectivity index (χ1n) is 6.01. The standard InChI is InChI=1S/C13H10BrN5O2/c1-19-6-7(14)11(18-19)17-13(21)10-12(20)16-9-5-3-2-4-8(9)15-10/h2-6H,1H3,(H,16,20)(H,17,18,21). The lowest BCUT2D eigenvalue weighted by atomic mass is 10.3. The SMILES string of the molecule is Cn1cc(Br)c(NC(=O)c2nc3ccccc3nc2O)n1. The summed E-state index contributed by atoms with van der Waals surface area (Å²) in [5.41, 5.74) is 0.900. The van der Waals surface area contributed by atoms with Crippen LogP contribution in [-0.4, -0.2) is 30.8 Å². The molecule has 21 heavy (non-hydrogen) atoms. The van der Waals surface area contributed by atoms with E-state index in [1.165, 1.54) is 0 Å². The van der Waals surface area contributed by atoms with Crippen molar-refractivity contribution < 1.29 is 9.90 Å². The topological polar surface area (TPSA) is 92.9 Å². The van der Waals surface area contributed by atoms with Gasteiger partial charge in [0.2, 0.25) is 5.88 Å². The van der Waals surface area contributed by atoms with Crippen molar-refractivity contribution in [2.24, 2.45) is 7.05 Å². The van der Waals surface area contributed by atoms with Crippen molar-refractivity contribution in [2.45, 2.75) is 0 Å². The Morgan fingerprint density at radius 3 is 2.57 bits per heavy atom. The zero-order chi connectivity index (χ0) is 15.0. The minimum Gasteiger partial charge on any atom is -0.492 e. The van der Waals surface area contributed by atoms with Crippen LogP contribution >= 0.6 is 15.9 Å². The summed E-state index contributed by atoms with van der Waals surface area (Å²) in [7, 11) is 1.73. The lowest BCUT2D eigenvalue weighted by molar-refractivity contribution is 0.101. The molecule has 0 atom stereocenters. The number of fused-ring (bicyclic) bond motifs is 1. The van der Waals surface area contributed by atoms with E-state index in [0.29, 0.717) is 21.3 Å². The first kappa shape index (κ1) is 13.5. The van der Waals surface area contributed by atoms with Gasteiger partial charge < -0.3 is 10.4 Å². The highest BCUT2D eigenvalue weighted by atomic mass is 79.9. The van der Waals surface area contributed by atoms with Gasteiger partial charge in [-0.1, -0.05) is 12.1 Å². The molecular weight excluding hydrogens is 338 g/mol. The van der Waals surface area contributed by atoms with Crippen molar-refractivity contribution in [1.29, 1.82) is 0 Å². The predicted octanol–water partition coefficient (Wildman–Crippen LogP) is 2.08. The summed E-state index contributed by atoms with van der Waals surface area (Å²) in [5, 5.41) is 16.5. The van der Waals surface area contributed by atoms with Gasteiger partial charge in [0.1, 0.15) is 0 Å². The maximum absolute atomic E-state index is 12.2. The van der Waals surface area contributed by atoms with Gasteiger partial charge in [-0.05, 0) is 28.1 Å². The van der Waals surface area contributed by atoms with Crippen molar-refractivity contribution >= 4 is 38.7 Å². The number of para-hydroxylation sites is 2. The van der Waals surface area contributed by atoms with Crippen LogP contribution in [0.5, 0.6) is 5.88 Å². The number of carbonyl (C=O) groups is 1. The number of amides is 1. The number of anilines is 1. The normalized spacial score (nSPS) is 10.8. The molecule has 2 N–H and O–H groups in total. The van der Waals surface area contributed by atoms with Gasteiger partial charge in [-0.3, -0.25) is 9.48 Å². The lowest BCUT2D eigenvalue weighted by Crippen LogP contribution is -2.15. The summed E-state index contributed by atoms with van der Waals surface area (Å²) in [5.74, 6) is -0.653. The largest absolute Gasteiger partial charge is 0.492 e. The average Bonchev–Trinajstić information content (AvgIpc) is 2.76. The number of nitrogens with one attached hydrogen (secondary N) is 1. The van der Waals surface area contributed by atoms with Crippen molar-refractivity contribution in [3.05, 3.63) is 40.6 Å². The number of hydrogen-bond donors (Lipinski definition) is 2. The quantitative estimate of drug-likeness (QED) is 0.740. The zero-order valence-electron chi connectivity index (χ0n) is 10.9. The van der Waals surface area contributed by atoms with E-state index in [4.69, 9.17) is 0 Å². The fourth-order valence-corrected chi connectivity index (χ4v) is 2.33. The van der Waals surface area contributed by atoms with Crippen LogP contribution in [0.25, 0.3) is 11.0 Å².